The first kappa shape index (κ1) is 27.3. The molecule has 40 heavy (non-hydrogen) atoms. The van der Waals surface area contributed by atoms with Crippen LogP contribution in [0.1, 0.15) is 49.9 Å². The van der Waals surface area contributed by atoms with Gasteiger partial charge in [0, 0.05) is 37.6 Å². The Morgan fingerprint density at radius 2 is 0.700 bits per heavy atom. The lowest BCUT2D eigenvalue weighted by atomic mass is 9.91. The van der Waals surface area contributed by atoms with E-state index in [1.165, 1.54) is 55.2 Å². The van der Waals surface area contributed by atoms with Crippen molar-refractivity contribution in [1.29, 1.82) is 0 Å². The molecule has 5 rings (SSSR count). The van der Waals surface area contributed by atoms with Gasteiger partial charge in [0.05, 0.1) is 0 Å². The molecule has 0 amide bonds. The van der Waals surface area contributed by atoms with Gasteiger partial charge in [0.1, 0.15) is 0 Å². The molecule has 0 aromatic heterocycles. The Bertz CT molecular complexity index is 1440. The molecule has 0 radical (unpaired) electrons. The van der Waals surface area contributed by atoms with Crippen LogP contribution in [0, 0.1) is 0 Å². The van der Waals surface area contributed by atoms with Gasteiger partial charge in [-0.2, -0.15) is 0 Å². The first-order valence-corrected chi connectivity index (χ1v) is 14.7. The lowest BCUT2D eigenvalue weighted by molar-refractivity contribution is 0.866. The molecular formula is C38H40N2. The second-order valence-electron chi connectivity index (χ2n) is 10.1. The van der Waals surface area contributed by atoms with Crippen molar-refractivity contribution < 1.29 is 0 Å². The van der Waals surface area contributed by atoms with E-state index in [9.17, 15) is 0 Å². The maximum atomic E-state index is 2.38. The fourth-order valence-corrected chi connectivity index (χ4v) is 5.68. The molecule has 2 nitrogen and oxygen atoms in total. The van der Waals surface area contributed by atoms with Crippen LogP contribution < -0.4 is 9.80 Å². The smallest absolute Gasteiger partial charge is 0.0366 e. The second kappa shape index (κ2) is 12.7. The van der Waals surface area contributed by atoms with Gasteiger partial charge in [-0.25, -0.2) is 0 Å². The van der Waals surface area contributed by atoms with E-state index < -0.39 is 0 Å². The zero-order chi connectivity index (χ0) is 27.9. The minimum atomic E-state index is 1.02. The van der Waals surface area contributed by atoms with Crippen molar-refractivity contribution in [2.24, 2.45) is 0 Å². The maximum Gasteiger partial charge on any atom is 0.0366 e. The SMILES string of the molecule is CCN(CC)c1ccc(C=Cc2c3ccccc3c(C=Cc3ccc(N(CC)CC)cc3)c3ccccc23)cc1. The van der Waals surface area contributed by atoms with E-state index in [0.29, 0.717) is 0 Å². The van der Waals surface area contributed by atoms with Crippen molar-refractivity contribution in [2.45, 2.75) is 27.7 Å². The van der Waals surface area contributed by atoms with Crippen LogP contribution in [0.15, 0.2) is 97.1 Å². The van der Waals surface area contributed by atoms with Crippen LogP contribution in [0.4, 0.5) is 11.4 Å². The Hall–Kier alpha value is -4.30. The van der Waals surface area contributed by atoms with Crippen LogP contribution in [0.25, 0.3) is 45.8 Å². The standard InChI is InChI=1S/C38H40N2/c1-5-39(6-2)31-23-17-29(18-24-31)21-27-37-33-13-9-11-15-35(33)38(36-16-12-10-14-34(36)37)28-22-30-19-25-32(26-20-30)40(7-3)8-4/h9-28H,5-8H2,1-4H3. The van der Waals surface area contributed by atoms with Gasteiger partial charge < -0.3 is 9.80 Å². The summed E-state index contributed by atoms with van der Waals surface area (Å²) >= 11 is 0. The predicted molar refractivity (Wildman–Crippen MR) is 179 cm³/mol. The highest BCUT2D eigenvalue weighted by Crippen LogP contribution is 2.35. The first-order chi connectivity index (χ1) is 19.7. The molecule has 0 aliphatic heterocycles. The molecule has 0 spiro atoms. The molecule has 5 aromatic rings. The summed E-state index contributed by atoms with van der Waals surface area (Å²) in [6.07, 6.45) is 9.06. The van der Waals surface area contributed by atoms with E-state index >= 15 is 0 Å². The van der Waals surface area contributed by atoms with Crippen LogP contribution >= 0.6 is 0 Å². The minimum Gasteiger partial charge on any atom is -0.372 e. The van der Waals surface area contributed by atoms with Crippen molar-refractivity contribution >= 4 is 57.2 Å². The Balaban J connectivity index is 1.54. The number of benzene rings is 5. The molecule has 0 saturated heterocycles. The van der Waals surface area contributed by atoms with Crippen molar-refractivity contribution in [1.82, 2.24) is 0 Å². The molecule has 0 N–H and O–H groups in total. The van der Waals surface area contributed by atoms with Crippen molar-refractivity contribution in [3.63, 3.8) is 0 Å². The summed E-state index contributed by atoms with van der Waals surface area (Å²) in [5.74, 6) is 0. The molecule has 202 valence electrons. The maximum absolute atomic E-state index is 2.38. The summed E-state index contributed by atoms with van der Waals surface area (Å²) in [5, 5.41) is 5.09. The summed E-state index contributed by atoms with van der Waals surface area (Å²) in [6.45, 7) is 12.9. The van der Waals surface area contributed by atoms with Crippen molar-refractivity contribution in [2.75, 3.05) is 36.0 Å². The molecule has 0 aliphatic rings. The minimum absolute atomic E-state index is 1.02. The topological polar surface area (TPSA) is 6.48 Å². The molecule has 0 aliphatic carbocycles. The Kier molecular flexibility index (Phi) is 8.66. The molecule has 0 saturated carbocycles. The second-order valence-corrected chi connectivity index (χ2v) is 10.1. The molecule has 0 heterocycles. The predicted octanol–water partition coefficient (Wildman–Crippen LogP) is 10.0. The lowest BCUT2D eigenvalue weighted by Crippen LogP contribution is -2.21. The normalized spacial score (nSPS) is 11.7. The molecule has 0 fully saturated rings. The van der Waals surface area contributed by atoms with E-state index in [1.54, 1.807) is 0 Å². The van der Waals surface area contributed by atoms with Gasteiger partial charge in [-0.1, -0.05) is 97.1 Å². The van der Waals surface area contributed by atoms with E-state index in [4.69, 9.17) is 0 Å². The van der Waals surface area contributed by atoms with Gasteiger partial charge in [-0.3, -0.25) is 0 Å². The van der Waals surface area contributed by atoms with E-state index in [-0.39, 0.29) is 0 Å². The third-order valence-corrected chi connectivity index (χ3v) is 7.94. The lowest BCUT2D eigenvalue weighted by Gasteiger charge is -2.20. The van der Waals surface area contributed by atoms with Crippen LogP contribution in [0.2, 0.25) is 0 Å². The third-order valence-electron chi connectivity index (χ3n) is 7.94. The summed E-state index contributed by atoms with van der Waals surface area (Å²) in [6, 6.07) is 35.4. The summed E-state index contributed by atoms with van der Waals surface area (Å²) in [7, 11) is 0. The molecule has 2 heteroatoms. The van der Waals surface area contributed by atoms with Gasteiger partial charge in [-0.15, -0.1) is 0 Å². The summed E-state index contributed by atoms with van der Waals surface area (Å²) in [4.78, 5) is 4.75. The van der Waals surface area contributed by atoms with Crippen molar-refractivity contribution in [3.05, 3.63) is 119 Å². The first-order valence-electron chi connectivity index (χ1n) is 14.7. The number of hydrogen-bond acceptors (Lipinski definition) is 2. The van der Waals surface area contributed by atoms with Gasteiger partial charge >= 0.3 is 0 Å². The Morgan fingerprint density at radius 1 is 0.400 bits per heavy atom. The number of fused-ring (bicyclic) bond motifs is 2. The Labute approximate surface area is 239 Å². The average molecular weight is 525 g/mol. The zero-order valence-corrected chi connectivity index (χ0v) is 24.3. The van der Waals surface area contributed by atoms with Crippen LogP contribution in [-0.2, 0) is 0 Å². The molecular weight excluding hydrogens is 484 g/mol. The van der Waals surface area contributed by atoms with E-state index in [0.717, 1.165) is 26.2 Å². The van der Waals surface area contributed by atoms with Crippen LogP contribution in [0.3, 0.4) is 0 Å². The van der Waals surface area contributed by atoms with Gasteiger partial charge in [0.2, 0.25) is 0 Å². The van der Waals surface area contributed by atoms with Crippen molar-refractivity contribution in [3.8, 4) is 0 Å². The monoisotopic (exact) mass is 524 g/mol. The number of anilines is 2. The van der Waals surface area contributed by atoms with E-state index in [2.05, 4.69) is 159 Å². The Morgan fingerprint density at radius 3 is 0.975 bits per heavy atom. The molecule has 5 aromatic carbocycles. The average Bonchev–Trinajstić information content (AvgIpc) is 3.01. The largest absolute Gasteiger partial charge is 0.372 e. The summed E-state index contributed by atoms with van der Waals surface area (Å²) in [5.41, 5.74) is 7.50. The molecule has 0 atom stereocenters. The summed E-state index contributed by atoms with van der Waals surface area (Å²) < 4.78 is 0. The van der Waals surface area contributed by atoms with Crippen LogP contribution in [0.5, 0.6) is 0 Å². The van der Waals surface area contributed by atoms with Crippen LogP contribution in [-0.4, -0.2) is 26.2 Å². The highest BCUT2D eigenvalue weighted by Gasteiger charge is 2.11. The highest BCUT2D eigenvalue weighted by molar-refractivity contribution is 6.14. The quantitative estimate of drug-likeness (QED) is 0.132. The fourth-order valence-electron chi connectivity index (χ4n) is 5.68. The number of hydrogen-bond donors (Lipinski definition) is 0. The van der Waals surface area contributed by atoms with Gasteiger partial charge in [0.25, 0.3) is 0 Å². The third kappa shape index (κ3) is 5.67. The fraction of sp³-hybridized carbons (Fsp3) is 0.211. The highest BCUT2D eigenvalue weighted by atomic mass is 15.1. The van der Waals surface area contributed by atoms with Gasteiger partial charge in [-0.05, 0) is 95.8 Å². The van der Waals surface area contributed by atoms with E-state index in [1.807, 2.05) is 0 Å². The molecule has 0 unspecified atom stereocenters. The molecule has 0 bridgehead atoms. The number of rotatable bonds is 10. The van der Waals surface area contributed by atoms with Gasteiger partial charge in [0.15, 0.2) is 0 Å². The number of nitrogens with zero attached hydrogens (tertiary/aromatic N) is 2. The zero-order valence-electron chi connectivity index (χ0n) is 24.3.